The molecule has 0 bridgehead atoms. The molecular formula is C9H17ClN2O2S. The summed E-state index contributed by atoms with van der Waals surface area (Å²) in [5.74, 6) is 0. The lowest BCUT2D eigenvalue weighted by Crippen LogP contribution is -2.49. The van der Waals surface area contributed by atoms with Crippen LogP contribution in [0, 0.1) is 0 Å². The van der Waals surface area contributed by atoms with Gasteiger partial charge in [-0.25, -0.2) is 0 Å². The van der Waals surface area contributed by atoms with Crippen LogP contribution in [-0.4, -0.2) is 57.5 Å². The third-order valence-electron chi connectivity index (χ3n) is 2.21. The van der Waals surface area contributed by atoms with Crippen LogP contribution in [0.5, 0.6) is 0 Å². The fourth-order valence-corrected chi connectivity index (χ4v) is 1.83. The van der Waals surface area contributed by atoms with Crippen molar-refractivity contribution in [1.29, 1.82) is 0 Å². The number of halogens is 1. The summed E-state index contributed by atoms with van der Waals surface area (Å²) in [6.07, 6.45) is 3.89. The quantitative estimate of drug-likeness (QED) is 0.700. The van der Waals surface area contributed by atoms with Crippen molar-refractivity contribution < 1.29 is 10.2 Å². The Morgan fingerprint density at radius 1 is 1.33 bits per heavy atom. The van der Waals surface area contributed by atoms with Crippen LogP contribution < -0.4 is 0 Å². The second-order valence-corrected chi connectivity index (χ2v) is 3.56. The molecule has 4 nitrogen and oxygen atoms in total. The van der Waals surface area contributed by atoms with Crippen LogP contribution in [0.4, 0.5) is 0 Å². The number of aliphatic hydroxyl groups excluding tert-OH is 2. The van der Waals surface area contributed by atoms with Gasteiger partial charge in [-0.05, 0) is 25.2 Å². The van der Waals surface area contributed by atoms with Crippen molar-refractivity contribution in [2.75, 3.05) is 26.3 Å². The van der Waals surface area contributed by atoms with Gasteiger partial charge in [0.1, 0.15) is 0 Å². The van der Waals surface area contributed by atoms with Crippen LogP contribution in [-0.2, 0) is 0 Å². The van der Waals surface area contributed by atoms with Crippen LogP contribution in [0.15, 0.2) is 12.3 Å². The highest BCUT2D eigenvalue weighted by molar-refractivity contribution is 7.80. The van der Waals surface area contributed by atoms with Crippen molar-refractivity contribution in [2.45, 2.75) is 13.0 Å². The van der Waals surface area contributed by atoms with Gasteiger partial charge in [0, 0.05) is 25.3 Å². The second-order valence-electron chi connectivity index (χ2n) is 3.20. The molecule has 6 heteroatoms. The predicted molar refractivity (Wildman–Crippen MR) is 66.0 cm³/mol. The van der Waals surface area contributed by atoms with E-state index < -0.39 is 0 Å². The van der Waals surface area contributed by atoms with Gasteiger partial charge in [-0.15, -0.1) is 12.4 Å². The highest BCUT2D eigenvalue weighted by Crippen LogP contribution is 2.12. The van der Waals surface area contributed by atoms with Crippen LogP contribution >= 0.6 is 24.6 Å². The third-order valence-corrected chi connectivity index (χ3v) is 2.68. The van der Waals surface area contributed by atoms with Gasteiger partial charge in [-0.1, -0.05) is 0 Å². The number of aliphatic hydroxyl groups is 2. The fourth-order valence-electron chi connectivity index (χ4n) is 1.42. The first-order valence-corrected chi connectivity index (χ1v) is 5.08. The lowest BCUT2D eigenvalue weighted by Gasteiger charge is -2.38. The van der Waals surface area contributed by atoms with E-state index >= 15 is 0 Å². The molecule has 15 heavy (non-hydrogen) atoms. The van der Waals surface area contributed by atoms with Gasteiger partial charge in [-0.3, -0.25) is 0 Å². The number of hydrogen-bond acceptors (Lipinski definition) is 3. The number of hydrogen-bond donors (Lipinski definition) is 2. The van der Waals surface area contributed by atoms with E-state index in [1.807, 2.05) is 29.0 Å². The highest BCUT2D eigenvalue weighted by atomic mass is 35.5. The van der Waals surface area contributed by atoms with E-state index in [9.17, 15) is 0 Å². The Balaban J connectivity index is 0.00000196. The van der Waals surface area contributed by atoms with E-state index in [0.29, 0.717) is 18.2 Å². The molecule has 0 amide bonds. The first kappa shape index (κ1) is 14.6. The molecule has 1 aliphatic heterocycles. The van der Waals surface area contributed by atoms with Gasteiger partial charge in [0.2, 0.25) is 0 Å². The Hall–Kier alpha value is -0.360. The standard InChI is InChI=1S/C9H16N2O2S.ClH/c1-8-2-3-10(4-6-12)9(14)11(8)5-7-13;/h2-3,8,12-13H,4-7H2,1H3;1H. The summed E-state index contributed by atoms with van der Waals surface area (Å²) in [6, 6.07) is 0.213. The van der Waals surface area contributed by atoms with Crippen molar-refractivity contribution >= 4 is 29.7 Å². The highest BCUT2D eigenvalue weighted by Gasteiger charge is 2.22. The molecule has 0 spiro atoms. The maximum atomic E-state index is 8.88. The topological polar surface area (TPSA) is 46.9 Å². The van der Waals surface area contributed by atoms with Crippen molar-refractivity contribution in [3.05, 3.63) is 12.3 Å². The predicted octanol–water partition coefficient (Wildman–Crippen LogP) is 0.198. The van der Waals surface area contributed by atoms with E-state index in [1.54, 1.807) is 0 Å². The van der Waals surface area contributed by atoms with Crippen LogP contribution in [0.25, 0.3) is 0 Å². The van der Waals surface area contributed by atoms with Crippen molar-refractivity contribution in [3.8, 4) is 0 Å². The number of nitrogens with zero attached hydrogens (tertiary/aromatic N) is 2. The molecular weight excluding hydrogens is 236 g/mol. The van der Waals surface area contributed by atoms with Gasteiger partial charge >= 0.3 is 0 Å². The average molecular weight is 253 g/mol. The van der Waals surface area contributed by atoms with Crippen molar-refractivity contribution in [1.82, 2.24) is 9.80 Å². The average Bonchev–Trinajstić information content (AvgIpc) is 2.17. The number of rotatable bonds is 4. The van der Waals surface area contributed by atoms with Gasteiger partial charge < -0.3 is 20.0 Å². The second kappa shape index (κ2) is 7.00. The van der Waals surface area contributed by atoms with Gasteiger partial charge in [0.15, 0.2) is 5.11 Å². The van der Waals surface area contributed by atoms with E-state index in [4.69, 9.17) is 22.4 Å². The molecule has 0 radical (unpaired) electrons. The number of thiocarbonyl (C=S) groups is 1. The summed E-state index contributed by atoms with van der Waals surface area (Å²) in [7, 11) is 0. The van der Waals surface area contributed by atoms with E-state index in [2.05, 4.69) is 0 Å². The van der Waals surface area contributed by atoms with Gasteiger partial charge in [0.05, 0.1) is 13.2 Å². The lowest BCUT2D eigenvalue weighted by molar-refractivity contribution is 0.212. The molecule has 0 fully saturated rings. The SMILES string of the molecule is CC1C=CN(CCO)C(=S)N1CCO.Cl. The molecule has 0 aromatic rings. The molecule has 0 aromatic carbocycles. The maximum Gasteiger partial charge on any atom is 0.176 e. The molecule has 1 unspecified atom stereocenters. The van der Waals surface area contributed by atoms with Gasteiger partial charge in [-0.2, -0.15) is 0 Å². The van der Waals surface area contributed by atoms with E-state index in [-0.39, 0.29) is 31.7 Å². The minimum absolute atomic E-state index is 0. The summed E-state index contributed by atoms with van der Waals surface area (Å²) in [5, 5.41) is 18.4. The molecule has 0 saturated carbocycles. The first-order valence-electron chi connectivity index (χ1n) is 4.68. The normalized spacial score (nSPS) is 20.5. The molecule has 0 saturated heterocycles. The number of β-amino-alcohol motifs (C(OH)–C–C–N with tert-alkyl or cyclic N) is 2. The smallest absolute Gasteiger partial charge is 0.176 e. The summed E-state index contributed by atoms with van der Waals surface area (Å²) < 4.78 is 0. The van der Waals surface area contributed by atoms with E-state index in [1.165, 1.54) is 0 Å². The van der Waals surface area contributed by atoms with Crippen molar-refractivity contribution in [2.24, 2.45) is 0 Å². The molecule has 0 aromatic heterocycles. The molecule has 2 N–H and O–H groups in total. The maximum absolute atomic E-state index is 8.88. The minimum atomic E-state index is 0. The zero-order valence-corrected chi connectivity index (χ0v) is 10.3. The third kappa shape index (κ3) is 3.61. The zero-order chi connectivity index (χ0) is 10.6. The molecule has 88 valence electrons. The Labute approximate surface area is 102 Å². The first-order chi connectivity index (χ1) is 6.70. The molecule has 1 atom stereocenters. The molecule has 0 aliphatic carbocycles. The monoisotopic (exact) mass is 252 g/mol. The largest absolute Gasteiger partial charge is 0.395 e. The van der Waals surface area contributed by atoms with Crippen LogP contribution in [0.3, 0.4) is 0 Å². The Morgan fingerprint density at radius 3 is 2.47 bits per heavy atom. The minimum Gasteiger partial charge on any atom is -0.395 e. The lowest BCUT2D eigenvalue weighted by atomic mass is 10.2. The summed E-state index contributed by atoms with van der Waals surface area (Å²) in [6.45, 7) is 3.22. The van der Waals surface area contributed by atoms with E-state index in [0.717, 1.165) is 0 Å². The van der Waals surface area contributed by atoms with Crippen LogP contribution in [0.2, 0.25) is 0 Å². The summed E-state index contributed by atoms with van der Waals surface area (Å²) in [4.78, 5) is 3.75. The molecule has 1 heterocycles. The molecule has 1 aliphatic rings. The Morgan fingerprint density at radius 2 is 1.93 bits per heavy atom. The summed E-state index contributed by atoms with van der Waals surface area (Å²) in [5.41, 5.74) is 0. The zero-order valence-electron chi connectivity index (χ0n) is 8.67. The Bertz CT molecular complexity index is 238. The Kier molecular flexibility index (Phi) is 6.84. The van der Waals surface area contributed by atoms with Crippen LogP contribution in [0.1, 0.15) is 6.92 Å². The van der Waals surface area contributed by atoms with Gasteiger partial charge in [0.25, 0.3) is 0 Å². The van der Waals surface area contributed by atoms with Crippen molar-refractivity contribution in [3.63, 3.8) is 0 Å². The molecule has 1 rings (SSSR count). The summed E-state index contributed by atoms with van der Waals surface area (Å²) >= 11 is 5.23. The fraction of sp³-hybridized carbons (Fsp3) is 0.667.